The number of benzene rings is 4. The Morgan fingerprint density at radius 3 is 1.25 bits per heavy atom. The molecule has 0 saturated carbocycles. The molecule has 0 N–H and O–H groups in total. The number of carbonyl (C=O) groups excluding carboxylic acids is 2. The molecule has 160 valence electrons. The van der Waals surface area contributed by atoms with E-state index in [0.29, 0.717) is 34.1 Å². The Kier molecular flexibility index (Phi) is 6.03. The zero-order valence-corrected chi connectivity index (χ0v) is 17.5. The Labute approximate surface area is 184 Å². The van der Waals surface area contributed by atoms with Crippen molar-refractivity contribution in [1.82, 2.24) is 0 Å². The molecule has 0 bridgehead atoms. The maximum atomic E-state index is 12.4. The van der Waals surface area contributed by atoms with Crippen molar-refractivity contribution < 1.29 is 28.5 Å². The lowest BCUT2D eigenvalue weighted by molar-refractivity contribution is 0.0726. The minimum Gasteiger partial charge on any atom is -0.497 e. The number of methoxy groups -OCH3 is 2. The molecule has 0 aliphatic heterocycles. The summed E-state index contributed by atoms with van der Waals surface area (Å²) in [6.07, 6.45) is 0. The molecule has 4 aromatic carbocycles. The smallest absolute Gasteiger partial charge is 0.343 e. The molecule has 0 aromatic heterocycles. The molecule has 4 rings (SSSR count). The number of esters is 2. The molecule has 6 heteroatoms. The molecule has 0 unspecified atom stereocenters. The Morgan fingerprint density at radius 1 is 0.500 bits per heavy atom. The summed E-state index contributed by atoms with van der Waals surface area (Å²) in [5.74, 6) is 1.13. The molecule has 0 fully saturated rings. The maximum Gasteiger partial charge on any atom is 0.343 e. The summed E-state index contributed by atoms with van der Waals surface area (Å²) in [5, 5.41) is 1.68. The second-order valence-electron chi connectivity index (χ2n) is 6.91. The zero-order chi connectivity index (χ0) is 22.5. The summed E-state index contributed by atoms with van der Waals surface area (Å²) in [6.45, 7) is 0. The summed E-state index contributed by atoms with van der Waals surface area (Å²) in [5.41, 5.74) is 0.820. The monoisotopic (exact) mass is 428 g/mol. The van der Waals surface area contributed by atoms with Crippen molar-refractivity contribution in [2.24, 2.45) is 0 Å². The third-order valence-electron chi connectivity index (χ3n) is 4.86. The van der Waals surface area contributed by atoms with Gasteiger partial charge in [0, 0.05) is 0 Å². The van der Waals surface area contributed by atoms with Crippen LogP contribution in [0.15, 0.2) is 84.9 Å². The SMILES string of the molecule is COc1ccc(C(=O)Oc2ccc3ccc(OC(=O)c4ccc(OC)cc4)cc3c2)cc1. The van der Waals surface area contributed by atoms with Crippen LogP contribution in [-0.2, 0) is 0 Å². The molecule has 0 radical (unpaired) electrons. The molecular weight excluding hydrogens is 408 g/mol. The van der Waals surface area contributed by atoms with Crippen LogP contribution in [0.25, 0.3) is 10.8 Å². The maximum absolute atomic E-state index is 12.4. The van der Waals surface area contributed by atoms with E-state index in [2.05, 4.69) is 0 Å². The Bertz CT molecular complexity index is 1160. The van der Waals surface area contributed by atoms with Crippen molar-refractivity contribution in [1.29, 1.82) is 0 Å². The van der Waals surface area contributed by atoms with E-state index >= 15 is 0 Å². The van der Waals surface area contributed by atoms with Gasteiger partial charge < -0.3 is 18.9 Å². The minimum atomic E-state index is -0.478. The molecule has 0 amide bonds. The molecule has 6 nitrogen and oxygen atoms in total. The summed E-state index contributed by atoms with van der Waals surface area (Å²) < 4.78 is 21.2. The van der Waals surface area contributed by atoms with Gasteiger partial charge in [-0.25, -0.2) is 9.59 Å². The molecular formula is C26H20O6. The van der Waals surface area contributed by atoms with Crippen molar-refractivity contribution in [3.05, 3.63) is 96.1 Å². The van der Waals surface area contributed by atoms with E-state index in [1.807, 2.05) is 12.1 Å². The van der Waals surface area contributed by atoms with Crippen LogP contribution in [-0.4, -0.2) is 26.2 Å². The topological polar surface area (TPSA) is 71.1 Å². The van der Waals surface area contributed by atoms with E-state index in [9.17, 15) is 9.59 Å². The molecule has 32 heavy (non-hydrogen) atoms. The van der Waals surface area contributed by atoms with Gasteiger partial charge in [-0.15, -0.1) is 0 Å². The first-order chi connectivity index (χ1) is 15.6. The number of carbonyl (C=O) groups is 2. The molecule has 0 spiro atoms. The third-order valence-corrected chi connectivity index (χ3v) is 4.86. The highest BCUT2D eigenvalue weighted by Crippen LogP contribution is 2.26. The first-order valence-corrected chi connectivity index (χ1v) is 9.82. The van der Waals surface area contributed by atoms with E-state index in [1.165, 1.54) is 0 Å². The lowest BCUT2D eigenvalue weighted by Crippen LogP contribution is -2.08. The van der Waals surface area contributed by atoms with Crippen molar-refractivity contribution in [3.8, 4) is 23.0 Å². The van der Waals surface area contributed by atoms with Gasteiger partial charge in [0.25, 0.3) is 0 Å². The number of hydrogen-bond acceptors (Lipinski definition) is 6. The van der Waals surface area contributed by atoms with Gasteiger partial charge in [-0.2, -0.15) is 0 Å². The van der Waals surface area contributed by atoms with Gasteiger partial charge >= 0.3 is 11.9 Å². The van der Waals surface area contributed by atoms with E-state index in [1.54, 1.807) is 87.0 Å². The first kappa shape index (κ1) is 20.9. The van der Waals surface area contributed by atoms with Crippen LogP contribution >= 0.6 is 0 Å². The van der Waals surface area contributed by atoms with Gasteiger partial charge in [-0.3, -0.25) is 0 Å². The number of fused-ring (bicyclic) bond motifs is 1. The zero-order valence-electron chi connectivity index (χ0n) is 17.5. The minimum absolute atomic E-state index is 0.386. The standard InChI is InChI=1S/C26H20O6/c1-29-21-9-5-18(6-10-21)25(27)31-23-13-3-17-4-14-24(16-20(17)15-23)32-26(28)19-7-11-22(30-2)12-8-19/h3-16H,1-2H3. The highest BCUT2D eigenvalue weighted by atomic mass is 16.5. The highest BCUT2D eigenvalue weighted by Gasteiger charge is 2.11. The lowest BCUT2D eigenvalue weighted by Gasteiger charge is -2.09. The average Bonchev–Trinajstić information content (AvgIpc) is 2.84. The first-order valence-electron chi connectivity index (χ1n) is 9.82. The Balaban J connectivity index is 1.50. The fourth-order valence-corrected chi connectivity index (χ4v) is 3.12. The highest BCUT2D eigenvalue weighted by molar-refractivity contribution is 5.93. The number of ether oxygens (including phenoxy) is 4. The van der Waals surface area contributed by atoms with Gasteiger partial charge in [0.1, 0.15) is 23.0 Å². The summed E-state index contributed by atoms with van der Waals surface area (Å²) in [6, 6.07) is 23.9. The Hall–Kier alpha value is -4.32. The van der Waals surface area contributed by atoms with Gasteiger partial charge in [0.05, 0.1) is 25.3 Å². The van der Waals surface area contributed by atoms with Crippen molar-refractivity contribution >= 4 is 22.7 Å². The molecule has 0 aliphatic rings. The average molecular weight is 428 g/mol. The van der Waals surface area contributed by atoms with Gasteiger partial charge in [0.2, 0.25) is 0 Å². The quantitative estimate of drug-likeness (QED) is 0.307. The summed E-state index contributed by atoms with van der Waals surface area (Å²) in [7, 11) is 3.12. The van der Waals surface area contributed by atoms with E-state index in [0.717, 1.165) is 10.8 Å². The normalized spacial score (nSPS) is 10.4. The summed E-state index contributed by atoms with van der Waals surface area (Å²) >= 11 is 0. The van der Waals surface area contributed by atoms with Gasteiger partial charge in [-0.1, -0.05) is 12.1 Å². The summed E-state index contributed by atoms with van der Waals surface area (Å²) in [4.78, 5) is 24.8. The lowest BCUT2D eigenvalue weighted by atomic mass is 10.1. The predicted octanol–water partition coefficient (Wildman–Crippen LogP) is 5.30. The molecule has 0 saturated heterocycles. The molecule has 0 heterocycles. The predicted molar refractivity (Wildman–Crippen MR) is 120 cm³/mol. The van der Waals surface area contributed by atoms with Crippen molar-refractivity contribution in [2.75, 3.05) is 14.2 Å². The van der Waals surface area contributed by atoms with Crippen molar-refractivity contribution in [3.63, 3.8) is 0 Å². The number of rotatable bonds is 6. The molecule has 0 atom stereocenters. The van der Waals surface area contributed by atoms with E-state index in [4.69, 9.17) is 18.9 Å². The van der Waals surface area contributed by atoms with Crippen LogP contribution in [0.5, 0.6) is 23.0 Å². The number of hydrogen-bond donors (Lipinski definition) is 0. The van der Waals surface area contributed by atoms with Crippen LogP contribution in [0, 0.1) is 0 Å². The van der Waals surface area contributed by atoms with Crippen LogP contribution in [0.4, 0.5) is 0 Å². The van der Waals surface area contributed by atoms with Gasteiger partial charge in [0.15, 0.2) is 0 Å². The largest absolute Gasteiger partial charge is 0.497 e. The van der Waals surface area contributed by atoms with E-state index in [-0.39, 0.29) is 0 Å². The second-order valence-corrected chi connectivity index (χ2v) is 6.91. The van der Waals surface area contributed by atoms with Crippen LogP contribution in [0.1, 0.15) is 20.7 Å². The molecule has 4 aromatic rings. The fourth-order valence-electron chi connectivity index (χ4n) is 3.12. The van der Waals surface area contributed by atoms with Crippen LogP contribution in [0.2, 0.25) is 0 Å². The molecule has 0 aliphatic carbocycles. The van der Waals surface area contributed by atoms with Crippen LogP contribution in [0.3, 0.4) is 0 Å². The van der Waals surface area contributed by atoms with Gasteiger partial charge in [-0.05, 0) is 83.6 Å². The fraction of sp³-hybridized carbons (Fsp3) is 0.0769. The second kappa shape index (κ2) is 9.22. The Morgan fingerprint density at radius 2 is 0.875 bits per heavy atom. The van der Waals surface area contributed by atoms with Crippen molar-refractivity contribution in [2.45, 2.75) is 0 Å². The van der Waals surface area contributed by atoms with Crippen LogP contribution < -0.4 is 18.9 Å². The third kappa shape index (κ3) is 4.70. The van der Waals surface area contributed by atoms with E-state index < -0.39 is 11.9 Å².